The lowest BCUT2D eigenvalue weighted by atomic mass is 9.95. The third kappa shape index (κ3) is 4.75. The monoisotopic (exact) mass is 380 g/mol. The fraction of sp³-hybridized carbons (Fsp3) is 0.545. The molecule has 1 aliphatic heterocycles. The van der Waals surface area contributed by atoms with Crippen LogP contribution in [0, 0.1) is 11.8 Å². The van der Waals surface area contributed by atoms with Crippen molar-refractivity contribution in [2.75, 3.05) is 25.4 Å². The van der Waals surface area contributed by atoms with Gasteiger partial charge < -0.3 is 0 Å². The molecule has 1 saturated heterocycles. The predicted molar refractivity (Wildman–Crippen MR) is 112 cm³/mol. The Hall–Kier alpha value is -1.77. The van der Waals surface area contributed by atoms with E-state index in [0.29, 0.717) is 6.04 Å². The van der Waals surface area contributed by atoms with Crippen molar-refractivity contribution in [3.8, 4) is 23.2 Å². The lowest BCUT2D eigenvalue weighted by Crippen LogP contribution is -2.19. The molecule has 0 radical (unpaired) electrons. The van der Waals surface area contributed by atoms with E-state index in [1.165, 1.54) is 58.0 Å². The molecule has 1 saturated carbocycles. The lowest BCUT2D eigenvalue weighted by molar-refractivity contribution is 0.339. The third-order valence-electron chi connectivity index (χ3n) is 5.54. The molecule has 142 valence electrons. The molecule has 0 bridgehead atoms. The summed E-state index contributed by atoms with van der Waals surface area (Å²) in [4.78, 5) is 2.44. The van der Waals surface area contributed by atoms with Gasteiger partial charge in [-0.25, -0.2) is 0 Å². The molecule has 0 amide bonds. The zero-order chi connectivity index (χ0) is 18.3. The van der Waals surface area contributed by atoms with Crippen LogP contribution in [0.5, 0.6) is 0 Å². The number of aromatic nitrogens is 3. The van der Waals surface area contributed by atoms with Gasteiger partial charge in [0.2, 0.25) is 0 Å². The maximum atomic E-state index is 4.56. The number of benzene rings is 1. The van der Waals surface area contributed by atoms with Gasteiger partial charge in [-0.05, 0) is 38.8 Å². The molecule has 2 heterocycles. The normalized spacial score (nSPS) is 18.4. The van der Waals surface area contributed by atoms with Crippen LogP contribution in [-0.2, 0) is 0 Å². The minimum Gasteiger partial charge on any atom is -0.299 e. The van der Waals surface area contributed by atoms with Crippen molar-refractivity contribution in [2.24, 2.45) is 0 Å². The van der Waals surface area contributed by atoms with Crippen LogP contribution in [0.25, 0.3) is 11.4 Å². The second-order valence-corrected chi connectivity index (χ2v) is 8.40. The number of likely N-dealkylation sites (tertiary alicyclic amines) is 1. The smallest absolute Gasteiger partial charge is 0.192 e. The highest BCUT2D eigenvalue weighted by molar-refractivity contribution is 7.99. The van der Waals surface area contributed by atoms with Gasteiger partial charge in [-0.2, -0.15) is 0 Å². The van der Waals surface area contributed by atoms with Gasteiger partial charge in [0.25, 0.3) is 0 Å². The summed E-state index contributed by atoms with van der Waals surface area (Å²) in [5.41, 5.74) is 1.16. The summed E-state index contributed by atoms with van der Waals surface area (Å²) in [7, 11) is 0. The molecule has 2 fully saturated rings. The van der Waals surface area contributed by atoms with E-state index in [-0.39, 0.29) is 0 Å². The largest absolute Gasteiger partial charge is 0.299 e. The quantitative estimate of drug-likeness (QED) is 0.559. The average molecular weight is 381 g/mol. The van der Waals surface area contributed by atoms with E-state index in [1.807, 2.05) is 0 Å². The fourth-order valence-electron chi connectivity index (χ4n) is 4.09. The van der Waals surface area contributed by atoms with E-state index in [2.05, 4.69) is 61.8 Å². The summed E-state index contributed by atoms with van der Waals surface area (Å²) in [5.74, 6) is 8.46. The van der Waals surface area contributed by atoms with Crippen molar-refractivity contribution in [3.05, 3.63) is 30.3 Å². The molecule has 2 aromatic rings. The van der Waals surface area contributed by atoms with Gasteiger partial charge in [-0.3, -0.25) is 9.47 Å². The van der Waals surface area contributed by atoms with Crippen LogP contribution in [-0.4, -0.2) is 45.1 Å². The summed E-state index contributed by atoms with van der Waals surface area (Å²) >= 11 is 1.74. The zero-order valence-electron chi connectivity index (χ0n) is 15.9. The maximum absolute atomic E-state index is 4.56. The molecule has 2 aliphatic rings. The van der Waals surface area contributed by atoms with Crippen molar-refractivity contribution < 1.29 is 0 Å². The Morgan fingerprint density at radius 2 is 1.70 bits per heavy atom. The second-order valence-electron chi connectivity index (χ2n) is 7.46. The Bertz CT molecular complexity index is 778. The summed E-state index contributed by atoms with van der Waals surface area (Å²) in [6.45, 7) is 3.32. The molecule has 0 atom stereocenters. The van der Waals surface area contributed by atoms with E-state index in [9.17, 15) is 0 Å². The van der Waals surface area contributed by atoms with E-state index in [4.69, 9.17) is 0 Å². The summed E-state index contributed by atoms with van der Waals surface area (Å²) < 4.78 is 2.39. The number of nitrogens with zero attached hydrogens (tertiary/aromatic N) is 4. The van der Waals surface area contributed by atoms with Crippen LogP contribution in [0.3, 0.4) is 0 Å². The SMILES string of the molecule is C(#CCN1CCCC1)CSc1nnc(-c2ccccc2)n1C1CCCCC1. The predicted octanol–water partition coefficient (Wildman–Crippen LogP) is 4.64. The highest BCUT2D eigenvalue weighted by Crippen LogP contribution is 2.35. The van der Waals surface area contributed by atoms with Crippen molar-refractivity contribution in [3.63, 3.8) is 0 Å². The summed E-state index contributed by atoms with van der Waals surface area (Å²) in [5, 5.41) is 10.1. The Labute approximate surface area is 166 Å². The molecule has 1 aromatic heterocycles. The van der Waals surface area contributed by atoms with Crippen LogP contribution in [0.2, 0.25) is 0 Å². The minimum atomic E-state index is 0.518. The Morgan fingerprint density at radius 3 is 2.48 bits per heavy atom. The minimum absolute atomic E-state index is 0.518. The molecular formula is C22H28N4S. The molecule has 4 nitrogen and oxygen atoms in total. The summed E-state index contributed by atoms with van der Waals surface area (Å²) in [6, 6.07) is 11.0. The van der Waals surface area contributed by atoms with Crippen molar-refractivity contribution in [1.82, 2.24) is 19.7 Å². The van der Waals surface area contributed by atoms with Gasteiger partial charge in [0.05, 0.1) is 12.3 Å². The molecule has 0 spiro atoms. The van der Waals surface area contributed by atoms with Crippen LogP contribution in [0.1, 0.15) is 51.0 Å². The number of rotatable bonds is 5. The summed E-state index contributed by atoms with van der Waals surface area (Å²) in [6.07, 6.45) is 9.06. The molecule has 1 aromatic carbocycles. The number of hydrogen-bond acceptors (Lipinski definition) is 4. The van der Waals surface area contributed by atoms with E-state index in [0.717, 1.165) is 28.8 Å². The maximum Gasteiger partial charge on any atom is 0.192 e. The highest BCUT2D eigenvalue weighted by Gasteiger charge is 2.23. The van der Waals surface area contributed by atoms with Crippen molar-refractivity contribution in [1.29, 1.82) is 0 Å². The molecule has 0 N–H and O–H groups in total. The number of hydrogen-bond donors (Lipinski definition) is 0. The van der Waals surface area contributed by atoms with Crippen LogP contribution in [0.4, 0.5) is 0 Å². The highest BCUT2D eigenvalue weighted by atomic mass is 32.2. The Kier molecular flexibility index (Phi) is 6.49. The zero-order valence-corrected chi connectivity index (χ0v) is 16.8. The first-order valence-corrected chi connectivity index (χ1v) is 11.2. The third-order valence-corrected chi connectivity index (χ3v) is 6.36. The lowest BCUT2D eigenvalue weighted by Gasteiger charge is -2.25. The van der Waals surface area contributed by atoms with Crippen LogP contribution >= 0.6 is 11.8 Å². The van der Waals surface area contributed by atoms with Gasteiger partial charge in [0, 0.05) is 11.6 Å². The van der Waals surface area contributed by atoms with E-state index < -0.39 is 0 Å². The standard InChI is InChI=1S/C22H28N4S/c1-3-11-19(12-4-1)21-23-24-22(26(21)20-13-5-2-6-14-20)27-18-10-9-17-25-15-7-8-16-25/h1,3-4,11-12,20H,2,5-8,13-18H2. The van der Waals surface area contributed by atoms with Gasteiger partial charge >= 0.3 is 0 Å². The topological polar surface area (TPSA) is 34.0 Å². The first kappa shape index (κ1) is 18.6. The van der Waals surface area contributed by atoms with Gasteiger partial charge in [0.1, 0.15) is 0 Å². The first-order chi connectivity index (χ1) is 13.4. The van der Waals surface area contributed by atoms with Gasteiger partial charge in [-0.1, -0.05) is 73.2 Å². The average Bonchev–Trinajstić information content (AvgIpc) is 3.39. The second kappa shape index (κ2) is 9.43. The molecular weight excluding hydrogens is 352 g/mol. The van der Waals surface area contributed by atoms with Crippen LogP contribution in [0.15, 0.2) is 35.5 Å². The fourth-order valence-corrected chi connectivity index (χ4v) is 4.86. The van der Waals surface area contributed by atoms with E-state index >= 15 is 0 Å². The molecule has 1 aliphatic carbocycles. The van der Waals surface area contributed by atoms with Gasteiger partial charge in [-0.15, -0.1) is 10.2 Å². The molecule has 27 heavy (non-hydrogen) atoms. The van der Waals surface area contributed by atoms with E-state index in [1.54, 1.807) is 11.8 Å². The number of thioether (sulfide) groups is 1. The van der Waals surface area contributed by atoms with Crippen molar-refractivity contribution >= 4 is 11.8 Å². The Balaban J connectivity index is 1.48. The van der Waals surface area contributed by atoms with Crippen LogP contribution < -0.4 is 0 Å². The van der Waals surface area contributed by atoms with Crippen molar-refractivity contribution in [2.45, 2.75) is 56.1 Å². The Morgan fingerprint density at radius 1 is 0.926 bits per heavy atom. The molecule has 5 heteroatoms. The molecule has 4 rings (SSSR count). The first-order valence-electron chi connectivity index (χ1n) is 10.2. The van der Waals surface area contributed by atoms with Gasteiger partial charge in [0.15, 0.2) is 11.0 Å². The molecule has 0 unspecified atom stereocenters.